The highest BCUT2D eigenvalue weighted by Gasteiger charge is 2.42. The lowest BCUT2D eigenvalue weighted by molar-refractivity contribution is 0.0819. The predicted octanol–water partition coefficient (Wildman–Crippen LogP) is 4.07. The molecule has 0 bridgehead atoms. The molecular weight excluding hydrogens is 373 g/mol. The van der Waals surface area contributed by atoms with Crippen molar-refractivity contribution in [2.75, 3.05) is 0 Å². The molecule has 0 radical (unpaired) electrons. The van der Waals surface area contributed by atoms with Gasteiger partial charge in [-0.15, -0.1) is 0 Å². The largest absolute Gasteiger partial charge is 0.337 e. The highest BCUT2D eigenvalue weighted by atomic mass is 19.1. The Balaban J connectivity index is 1.38. The molecule has 2 saturated carbocycles. The summed E-state index contributed by atoms with van der Waals surface area (Å²) in [6, 6.07) is 7.67. The van der Waals surface area contributed by atoms with Gasteiger partial charge in [0.25, 0.3) is 11.8 Å². The third-order valence-electron chi connectivity index (χ3n) is 5.82. The van der Waals surface area contributed by atoms with E-state index >= 15 is 0 Å². The third kappa shape index (κ3) is 3.54. The van der Waals surface area contributed by atoms with Gasteiger partial charge in [-0.3, -0.25) is 9.89 Å². The summed E-state index contributed by atoms with van der Waals surface area (Å²) in [7, 11) is 0. The fourth-order valence-corrected chi connectivity index (χ4v) is 3.98. The fourth-order valence-electron chi connectivity index (χ4n) is 3.98. The second kappa shape index (κ2) is 7.09. The molecule has 29 heavy (non-hydrogen) atoms. The second-order valence-corrected chi connectivity index (χ2v) is 8.00. The first kappa shape index (κ1) is 18.0. The minimum Gasteiger partial charge on any atom is -0.337 e. The zero-order chi connectivity index (χ0) is 19.8. The number of carbonyl (C=O) groups excluding carboxylic acids is 1. The fraction of sp³-hybridized carbons (Fsp3) is 0.429. The molecule has 2 aliphatic carbocycles. The summed E-state index contributed by atoms with van der Waals surface area (Å²) in [5.41, 5.74) is 1.02. The number of aromatic amines is 1. The summed E-state index contributed by atoms with van der Waals surface area (Å²) in [6.07, 6.45) is 6.84. The number of nitrogens with zero attached hydrogens (tertiary/aromatic N) is 3. The smallest absolute Gasteiger partial charge is 0.270 e. The maximum atomic E-state index is 13.1. The summed E-state index contributed by atoms with van der Waals surface area (Å²) in [5, 5.41) is 14.3. The first-order valence-electron chi connectivity index (χ1n) is 10.1. The molecule has 8 heteroatoms. The van der Waals surface area contributed by atoms with Gasteiger partial charge in [0.2, 0.25) is 0 Å². The van der Waals surface area contributed by atoms with Crippen LogP contribution in [0.25, 0.3) is 11.3 Å². The number of aromatic nitrogens is 4. The number of rotatable bonds is 5. The molecular formula is C21H22FN5O2. The van der Waals surface area contributed by atoms with E-state index in [0.29, 0.717) is 23.2 Å². The van der Waals surface area contributed by atoms with E-state index in [2.05, 4.69) is 25.7 Å². The molecule has 5 rings (SSSR count). The topological polar surface area (TPSA) is 96.7 Å². The van der Waals surface area contributed by atoms with E-state index in [0.717, 1.165) is 56.3 Å². The van der Waals surface area contributed by atoms with Gasteiger partial charge in [-0.25, -0.2) is 4.39 Å². The van der Waals surface area contributed by atoms with Crippen molar-refractivity contribution >= 4 is 5.91 Å². The molecule has 1 aromatic carbocycles. The Morgan fingerprint density at radius 2 is 1.93 bits per heavy atom. The Bertz CT molecular complexity index is 1020. The first-order valence-corrected chi connectivity index (χ1v) is 10.1. The third-order valence-corrected chi connectivity index (χ3v) is 5.82. The van der Waals surface area contributed by atoms with Crippen LogP contribution in [-0.4, -0.2) is 26.2 Å². The zero-order valence-electron chi connectivity index (χ0n) is 15.9. The molecule has 0 spiro atoms. The van der Waals surface area contributed by atoms with Crippen LogP contribution in [0.2, 0.25) is 0 Å². The maximum Gasteiger partial charge on any atom is 0.270 e. The Labute approximate surface area is 167 Å². The van der Waals surface area contributed by atoms with Gasteiger partial charge in [0, 0.05) is 11.5 Å². The molecule has 2 N–H and O–H groups in total. The molecule has 0 atom stereocenters. The number of H-pyrrole nitrogens is 1. The lowest BCUT2D eigenvalue weighted by Crippen LogP contribution is -2.47. The van der Waals surface area contributed by atoms with Gasteiger partial charge in [0.05, 0.1) is 5.69 Å². The summed E-state index contributed by atoms with van der Waals surface area (Å²) in [4.78, 5) is 17.6. The summed E-state index contributed by atoms with van der Waals surface area (Å²) in [5.74, 6) is 1.07. The summed E-state index contributed by atoms with van der Waals surface area (Å²) >= 11 is 0. The van der Waals surface area contributed by atoms with E-state index < -0.39 is 5.54 Å². The molecule has 2 fully saturated rings. The van der Waals surface area contributed by atoms with Crippen LogP contribution in [0.3, 0.4) is 0 Å². The van der Waals surface area contributed by atoms with Crippen molar-refractivity contribution in [3.05, 3.63) is 53.6 Å². The Kier molecular flexibility index (Phi) is 4.41. The van der Waals surface area contributed by atoms with Crippen molar-refractivity contribution in [2.45, 2.75) is 56.4 Å². The van der Waals surface area contributed by atoms with E-state index in [9.17, 15) is 9.18 Å². The number of carbonyl (C=O) groups is 1. The highest BCUT2D eigenvalue weighted by Crippen LogP contribution is 2.41. The van der Waals surface area contributed by atoms with Crippen LogP contribution in [-0.2, 0) is 5.54 Å². The lowest BCUT2D eigenvalue weighted by atomic mass is 9.81. The van der Waals surface area contributed by atoms with Crippen LogP contribution in [0.5, 0.6) is 0 Å². The van der Waals surface area contributed by atoms with Gasteiger partial charge >= 0.3 is 0 Å². The Morgan fingerprint density at radius 3 is 2.66 bits per heavy atom. The minimum absolute atomic E-state index is 0.265. The van der Waals surface area contributed by atoms with E-state index in [1.54, 1.807) is 18.2 Å². The van der Waals surface area contributed by atoms with Crippen molar-refractivity contribution in [3.8, 4) is 11.3 Å². The molecule has 2 aromatic heterocycles. The number of benzene rings is 1. The summed E-state index contributed by atoms with van der Waals surface area (Å²) in [6.45, 7) is 0. The van der Waals surface area contributed by atoms with Crippen LogP contribution in [0.15, 0.2) is 34.9 Å². The molecule has 2 aliphatic rings. The van der Waals surface area contributed by atoms with Crippen molar-refractivity contribution < 1.29 is 13.7 Å². The first-order chi connectivity index (χ1) is 14.1. The quantitative estimate of drug-likeness (QED) is 0.679. The SMILES string of the molecule is O=C(NC1(c2nc(C3CC3)no2)CCCCC1)c1cc(-c2ccc(F)cc2)n[nH]1. The monoisotopic (exact) mass is 395 g/mol. The number of amides is 1. The maximum absolute atomic E-state index is 13.1. The van der Waals surface area contributed by atoms with Gasteiger partial charge in [-0.1, -0.05) is 24.4 Å². The van der Waals surface area contributed by atoms with E-state index in [-0.39, 0.29) is 11.7 Å². The van der Waals surface area contributed by atoms with Gasteiger partial charge in [0.1, 0.15) is 17.1 Å². The van der Waals surface area contributed by atoms with Crippen molar-refractivity contribution in [3.63, 3.8) is 0 Å². The number of nitrogens with one attached hydrogen (secondary N) is 2. The normalized spacial score (nSPS) is 18.5. The molecule has 1 amide bonds. The predicted molar refractivity (Wildman–Crippen MR) is 102 cm³/mol. The molecule has 7 nitrogen and oxygen atoms in total. The average Bonchev–Trinajstić information content (AvgIpc) is 3.26. The molecule has 0 aliphatic heterocycles. The lowest BCUT2D eigenvalue weighted by Gasteiger charge is -2.34. The van der Waals surface area contributed by atoms with Crippen molar-refractivity contribution in [1.29, 1.82) is 0 Å². The van der Waals surface area contributed by atoms with Gasteiger partial charge in [-0.05, 0) is 56.0 Å². The molecule has 0 saturated heterocycles. The van der Waals surface area contributed by atoms with Crippen LogP contribution in [0, 0.1) is 5.82 Å². The molecule has 0 unspecified atom stereocenters. The zero-order valence-corrected chi connectivity index (χ0v) is 15.9. The van der Waals surface area contributed by atoms with E-state index in [1.807, 2.05) is 0 Å². The Hall–Kier alpha value is -3.03. The summed E-state index contributed by atoms with van der Waals surface area (Å²) < 4.78 is 18.7. The molecule has 2 heterocycles. The minimum atomic E-state index is -0.642. The van der Waals surface area contributed by atoms with Crippen LogP contribution in [0.1, 0.15) is 73.1 Å². The van der Waals surface area contributed by atoms with Crippen molar-refractivity contribution in [1.82, 2.24) is 25.7 Å². The second-order valence-electron chi connectivity index (χ2n) is 8.00. The molecule has 150 valence electrons. The number of halogens is 1. The van der Waals surface area contributed by atoms with Crippen LogP contribution < -0.4 is 5.32 Å². The van der Waals surface area contributed by atoms with Crippen LogP contribution >= 0.6 is 0 Å². The standard InChI is InChI=1S/C21H22FN5O2/c22-15-8-6-13(7-9-15)16-12-17(26-25-16)19(28)24-21(10-2-1-3-11-21)20-23-18(27-29-20)14-4-5-14/h6-9,12,14H,1-5,10-11H2,(H,24,28)(H,25,26). The van der Waals surface area contributed by atoms with Crippen molar-refractivity contribution in [2.24, 2.45) is 0 Å². The van der Waals surface area contributed by atoms with Crippen LogP contribution in [0.4, 0.5) is 4.39 Å². The van der Waals surface area contributed by atoms with Gasteiger partial charge in [0.15, 0.2) is 5.82 Å². The van der Waals surface area contributed by atoms with Gasteiger partial charge < -0.3 is 9.84 Å². The van der Waals surface area contributed by atoms with E-state index in [4.69, 9.17) is 4.52 Å². The number of hydrogen-bond acceptors (Lipinski definition) is 5. The number of hydrogen-bond donors (Lipinski definition) is 2. The highest BCUT2D eigenvalue weighted by molar-refractivity contribution is 5.93. The average molecular weight is 395 g/mol. The van der Waals surface area contributed by atoms with Gasteiger partial charge in [-0.2, -0.15) is 10.1 Å². The molecule has 3 aromatic rings. The Morgan fingerprint density at radius 1 is 1.17 bits per heavy atom. The van der Waals surface area contributed by atoms with E-state index in [1.165, 1.54) is 12.1 Å².